The predicted octanol–water partition coefficient (Wildman–Crippen LogP) is 5.52. The van der Waals surface area contributed by atoms with E-state index in [2.05, 4.69) is 10.5 Å². The Morgan fingerprint density at radius 1 is 1.14 bits per heavy atom. The highest BCUT2D eigenvalue weighted by atomic mass is 35.5. The molecule has 0 spiro atoms. The minimum atomic E-state index is -4.17. The number of carbonyl (C=O) groups excluding carboxylic acids is 1. The van der Waals surface area contributed by atoms with Gasteiger partial charge < -0.3 is 20.0 Å². The molecule has 5 rings (SSSR count). The van der Waals surface area contributed by atoms with Crippen LogP contribution in [0.2, 0.25) is 5.02 Å². The smallest absolute Gasteiger partial charge is 0.255 e. The third-order valence-corrected chi connectivity index (χ3v) is 10.6. The summed E-state index contributed by atoms with van der Waals surface area (Å²) in [6, 6.07) is 12.0. The second kappa shape index (κ2) is 11.6. The van der Waals surface area contributed by atoms with Crippen molar-refractivity contribution in [2.75, 3.05) is 12.4 Å². The number of amides is 1. The monoisotopic (exact) mass is 622 g/mol. The van der Waals surface area contributed by atoms with Crippen LogP contribution in [0.4, 0.5) is 18.9 Å². The standard InChI is InChI=1S/C29H26ClF3N2O6S/c1-40-24-5-3-2-4-18(24)14-41-34-15-29(37)13-17-6-8-20(29)27(17)42(38,39)25-10-16(7-9-21(25)30)28(36)35-19-11-22(31)26(33)23(32)12-19/h2-5,7,9-12,15,17,20,27,37H,6,8,13-14H2,1H3,(H,35,36)/b34-15+/t17?,20?,27-,29+/m1/s1. The molecular weight excluding hydrogens is 597 g/mol. The molecule has 13 heteroatoms. The van der Waals surface area contributed by atoms with Crippen LogP contribution in [0.15, 0.2) is 64.6 Å². The van der Waals surface area contributed by atoms with E-state index in [4.69, 9.17) is 21.2 Å². The van der Waals surface area contributed by atoms with Gasteiger partial charge in [0.05, 0.1) is 28.5 Å². The fourth-order valence-electron chi connectivity index (χ4n) is 5.89. The first-order valence-electron chi connectivity index (χ1n) is 12.9. The van der Waals surface area contributed by atoms with Crippen LogP contribution in [0, 0.1) is 29.3 Å². The Morgan fingerprint density at radius 3 is 2.57 bits per heavy atom. The number of para-hydroxylation sites is 1. The van der Waals surface area contributed by atoms with Crippen LogP contribution >= 0.6 is 11.6 Å². The largest absolute Gasteiger partial charge is 0.496 e. The number of hydrogen-bond acceptors (Lipinski definition) is 7. The summed E-state index contributed by atoms with van der Waals surface area (Å²) in [5, 5.41) is 16.4. The Hall–Kier alpha value is -3.61. The molecule has 3 aromatic rings. The maximum Gasteiger partial charge on any atom is 0.255 e. The van der Waals surface area contributed by atoms with Gasteiger partial charge >= 0.3 is 0 Å². The molecule has 2 unspecified atom stereocenters. The second-order valence-corrected chi connectivity index (χ2v) is 12.8. The number of oxime groups is 1. The lowest BCUT2D eigenvalue weighted by Crippen LogP contribution is -2.40. The molecule has 2 fully saturated rings. The molecule has 2 saturated carbocycles. The van der Waals surface area contributed by atoms with E-state index in [9.17, 15) is 31.5 Å². The molecule has 3 aromatic carbocycles. The third kappa shape index (κ3) is 5.58. The van der Waals surface area contributed by atoms with E-state index in [0.29, 0.717) is 30.7 Å². The summed E-state index contributed by atoms with van der Waals surface area (Å²) >= 11 is 6.28. The maximum atomic E-state index is 13.9. The highest BCUT2D eigenvalue weighted by Gasteiger charge is 2.61. The van der Waals surface area contributed by atoms with Crippen LogP contribution in [-0.4, -0.2) is 43.6 Å². The van der Waals surface area contributed by atoms with Crippen molar-refractivity contribution in [2.24, 2.45) is 17.0 Å². The topological polar surface area (TPSA) is 114 Å². The lowest BCUT2D eigenvalue weighted by molar-refractivity contribution is 0.0505. The molecule has 4 atom stereocenters. The van der Waals surface area contributed by atoms with E-state index < -0.39 is 55.9 Å². The number of aliphatic hydroxyl groups is 1. The van der Waals surface area contributed by atoms with Crippen molar-refractivity contribution < 1.29 is 41.1 Å². The zero-order valence-corrected chi connectivity index (χ0v) is 23.8. The second-order valence-electron chi connectivity index (χ2n) is 10.3. The van der Waals surface area contributed by atoms with Gasteiger partial charge in [0.2, 0.25) is 0 Å². The lowest BCUT2D eigenvalue weighted by Gasteiger charge is -2.28. The van der Waals surface area contributed by atoms with Crippen LogP contribution in [0.1, 0.15) is 35.2 Å². The summed E-state index contributed by atoms with van der Waals surface area (Å²) in [4.78, 5) is 17.9. The van der Waals surface area contributed by atoms with Crippen molar-refractivity contribution in [3.63, 3.8) is 0 Å². The molecule has 42 heavy (non-hydrogen) atoms. The van der Waals surface area contributed by atoms with Crippen LogP contribution < -0.4 is 10.1 Å². The summed E-state index contributed by atoms with van der Waals surface area (Å²) in [7, 11) is -2.64. The van der Waals surface area contributed by atoms with Crippen molar-refractivity contribution in [3.8, 4) is 5.75 Å². The Labute approximate surface area is 245 Å². The number of fused-ring (bicyclic) bond motifs is 2. The fourth-order valence-corrected chi connectivity index (χ4v) is 8.80. The maximum absolute atomic E-state index is 13.9. The number of nitrogens with one attached hydrogen (secondary N) is 1. The number of benzene rings is 3. The summed E-state index contributed by atoms with van der Waals surface area (Å²) in [6.07, 6.45) is 2.36. The molecule has 2 aliphatic carbocycles. The average molecular weight is 623 g/mol. The number of anilines is 1. The van der Waals surface area contributed by atoms with Gasteiger partial charge in [-0.2, -0.15) is 0 Å². The molecular formula is C29H26ClF3N2O6S. The van der Waals surface area contributed by atoms with E-state index in [0.717, 1.165) is 11.6 Å². The molecule has 0 radical (unpaired) electrons. The van der Waals surface area contributed by atoms with Crippen LogP contribution in [-0.2, 0) is 21.3 Å². The molecule has 2 N–H and O–H groups in total. The van der Waals surface area contributed by atoms with Gasteiger partial charge in [0, 0.05) is 34.9 Å². The average Bonchev–Trinajstić information content (AvgIpc) is 3.51. The van der Waals surface area contributed by atoms with Crippen LogP contribution in [0.25, 0.3) is 0 Å². The lowest BCUT2D eigenvalue weighted by atomic mass is 9.85. The minimum Gasteiger partial charge on any atom is -0.496 e. The van der Waals surface area contributed by atoms with Gasteiger partial charge in [0.1, 0.15) is 18.0 Å². The summed E-state index contributed by atoms with van der Waals surface area (Å²) < 4.78 is 73.5. The molecule has 2 bridgehead atoms. The van der Waals surface area contributed by atoms with E-state index in [1.165, 1.54) is 25.5 Å². The normalized spacial score (nSPS) is 23.3. The van der Waals surface area contributed by atoms with E-state index >= 15 is 0 Å². The molecule has 222 valence electrons. The number of nitrogens with zero attached hydrogens (tertiary/aromatic N) is 1. The first-order chi connectivity index (χ1) is 19.9. The Bertz CT molecular complexity index is 1650. The first-order valence-corrected chi connectivity index (χ1v) is 14.9. The van der Waals surface area contributed by atoms with E-state index in [1.807, 2.05) is 12.1 Å². The fraction of sp³-hybridized carbons (Fsp3) is 0.310. The summed E-state index contributed by atoms with van der Waals surface area (Å²) in [5.74, 6) is -6.06. The highest BCUT2D eigenvalue weighted by Crippen LogP contribution is 2.54. The molecule has 8 nitrogen and oxygen atoms in total. The highest BCUT2D eigenvalue weighted by molar-refractivity contribution is 7.92. The van der Waals surface area contributed by atoms with Gasteiger partial charge in [-0.15, -0.1) is 0 Å². The zero-order valence-electron chi connectivity index (χ0n) is 22.2. The summed E-state index contributed by atoms with van der Waals surface area (Å²) in [6.45, 7) is 0.0775. The number of hydrogen-bond donors (Lipinski definition) is 2. The van der Waals surface area contributed by atoms with Crippen LogP contribution in [0.5, 0.6) is 5.75 Å². The molecule has 0 heterocycles. The number of ether oxygens (including phenoxy) is 1. The first kappa shape index (κ1) is 29.9. The van der Waals surface area contributed by atoms with Crippen molar-refractivity contribution in [1.82, 2.24) is 0 Å². The molecule has 0 saturated heterocycles. The Balaban J connectivity index is 1.34. The quantitative estimate of drug-likeness (QED) is 0.184. The Morgan fingerprint density at radius 2 is 1.86 bits per heavy atom. The number of halogens is 4. The number of sulfone groups is 1. The summed E-state index contributed by atoms with van der Waals surface area (Å²) in [5.41, 5.74) is -1.32. The van der Waals surface area contributed by atoms with Gasteiger partial charge in [-0.3, -0.25) is 4.79 Å². The zero-order chi connectivity index (χ0) is 30.2. The van der Waals surface area contributed by atoms with Gasteiger partial charge in [-0.1, -0.05) is 35.0 Å². The van der Waals surface area contributed by atoms with Gasteiger partial charge in [-0.25, -0.2) is 21.6 Å². The SMILES string of the molecule is COc1ccccc1CO/N=C/[C@@]1(O)CC2CCC1[C@@H]2S(=O)(=O)c1cc(C(=O)Nc2cc(F)c(F)c(F)c2)ccc1Cl. The van der Waals surface area contributed by atoms with Gasteiger partial charge in [0.25, 0.3) is 5.91 Å². The van der Waals surface area contributed by atoms with E-state index in [-0.39, 0.29) is 34.2 Å². The van der Waals surface area contributed by atoms with E-state index in [1.54, 1.807) is 12.1 Å². The number of carbonyl (C=O) groups is 1. The third-order valence-electron chi connectivity index (χ3n) is 7.80. The van der Waals surface area contributed by atoms with Crippen molar-refractivity contribution in [1.29, 1.82) is 0 Å². The van der Waals surface area contributed by atoms with Crippen LogP contribution in [0.3, 0.4) is 0 Å². The van der Waals surface area contributed by atoms with Gasteiger partial charge in [-0.05, 0) is 49.4 Å². The molecule has 0 aromatic heterocycles. The molecule has 2 aliphatic rings. The number of methoxy groups -OCH3 is 1. The van der Waals surface area contributed by atoms with Crippen molar-refractivity contribution >= 4 is 39.2 Å². The van der Waals surface area contributed by atoms with Crippen molar-refractivity contribution in [2.45, 2.75) is 41.6 Å². The Kier molecular flexibility index (Phi) is 8.23. The molecule has 0 aliphatic heterocycles. The predicted molar refractivity (Wildman–Crippen MR) is 149 cm³/mol. The van der Waals surface area contributed by atoms with Gasteiger partial charge in [0.15, 0.2) is 27.3 Å². The molecule has 1 amide bonds. The van der Waals surface area contributed by atoms with Crippen molar-refractivity contribution in [3.05, 3.63) is 88.2 Å². The minimum absolute atomic E-state index is 0.0775. The number of rotatable bonds is 9.